The minimum Gasteiger partial charge on any atom is -0.353 e. The fourth-order valence-electron chi connectivity index (χ4n) is 4.48. The predicted octanol–water partition coefficient (Wildman–Crippen LogP) is 3.29. The molecule has 5 heteroatoms. The Kier molecular flexibility index (Phi) is 6.43. The van der Waals surface area contributed by atoms with Crippen LogP contribution >= 0.6 is 0 Å². The number of carbonyl (C=O) groups is 1. The fraction of sp³-hybridized carbons (Fsp3) is 0.609. The van der Waals surface area contributed by atoms with E-state index in [0.717, 1.165) is 64.0 Å². The van der Waals surface area contributed by atoms with Crippen molar-refractivity contribution in [1.29, 1.82) is 0 Å². The number of hydrogen-bond donors (Lipinski definition) is 1. The summed E-state index contributed by atoms with van der Waals surface area (Å²) in [6, 6.07) is 7.71. The number of nitrogens with zero attached hydrogens (tertiary/aromatic N) is 2. The van der Waals surface area contributed by atoms with Crippen LogP contribution in [0, 0.1) is 11.7 Å². The molecule has 1 aliphatic carbocycles. The maximum Gasteiger partial charge on any atom is 0.224 e. The van der Waals surface area contributed by atoms with Crippen LogP contribution in [0.2, 0.25) is 0 Å². The Hall–Kier alpha value is -1.72. The molecule has 1 atom stereocenters. The topological polar surface area (TPSA) is 35.6 Å². The zero-order valence-corrected chi connectivity index (χ0v) is 16.7. The van der Waals surface area contributed by atoms with Crippen molar-refractivity contribution in [2.75, 3.05) is 32.7 Å². The van der Waals surface area contributed by atoms with Crippen molar-refractivity contribution in [3.63, 3.8) is 0 Å². The number of hydrogen-bond acceptors (Lipinski definition) is 3. The first-order chi connectivity index (χ1) is 13.7. The Bertz CT molecular complexity index is 678. The van der Waals surface area contributed by atoms with Crippen LogP contribution in [-0.2, 0) is 4.79 Å². The molecule has 152 valence electrons. The summed E-state index contributed by atoms with van der Waals surface area (Å²) in [4.78, 5) is 17.5. The van der Waals surface area contributed by atoms with Crippen molar-refractivity contribution in [1.82, 2.24) is 15.1 Å². The van der Waals surface area contributed by atoms with Crippen LogP contribution < -0.4 is 5.32 Å². The maximum atomic E-state index is 13.0. The Morgan fingerprint density at radius 2 is 1.82 bits per heavy atom. The van der Waals surface area contributed by atoms with Gasteiger partial charge in [0.05, 0.1) is 5.92 Å². The van der Waals surface area contributed by atoms with E-state index in [1.54, 1.807) is 0 Å². The third kappa shape index (κ3) is 5.42. The van der Waals surface area contributed by atoms with Gasteiger partial charge in [-0.05, 0) is 75.9 Å². The average Bonchev–Trinajstić information content (AvgIpc) is 3.54. The number of piperidine rings is 2. The summed E-state index contributed by atoms with van der Waals surface area (Å²) in [6.45, 7) is 5.23. The van der Waals surface area contributed by atoms with Crippen molar-refractivity contribution in [3.8, 4) is 0 Å². The van der Waals surface area contributed by atoms with E-state index in [0.29, 0.717) is 12.1 Å². The highest BCUT2D eigenvalue weighted by Crippen LogP contribution is 2.26. The lowest BCUT2D eigenvalue weighted by Crippen LogP contribution is -2.51. The van der Waals surface area contributed by atoms with E-state index in [2.05, 4.69) is 27.3 Å². The van der Waals surface area contributed by atoms with Crippen molar-refractivity contribution < 1.29 is 9.18 Å². The van der Waals surface area contributed by atoms with Crippen LogP contribution in [0.3, 0.4) is 0 Å². The highest BCUT2D eigenvalue weighted by Gasteiger charge is 2.33. The summed E-state index contributed by atoms with van der Waals surface area (Å²) in [5.74, 6) is 0.283. The van der Waals surface area contributed by atoms with Crippen molar-refractivity contribution in [2.24, 2.45) is 5.92 Å². The second-order valence-corrected chi connectivity index (χ2v) is 8.60. The summed E-state index contributed by atoms with van der Waals surface area (Å²) in [6.07, 6.45) is 11.1. The lowest BCUT2D eigenvalue weighted by atomic mass is 9.93. The van der Waals surface area contributed by atoms with Gasteiger partial charge in [0.1, 0.15) is 5.82 Å². The van der Waals surface area contributed by atoms with Crippen LogP contribution in [0.4, 0.5) is 4.39 Å². The Morgan fingerprint density at radius 1 is 1.07 bits per heavy atom. The van der Waals surface area contributed by atoms with E-state index >= 15 is 0 Å². The van der Waals surface area contributed by atoms with E-state index < -0.39 is 0 Å². The van der Waals surface area contributed by atoms with Gasteiger partial charge in [0.15, 0.2) is 0 Å². The third-order valence-electron chi connectivity index (χ3n) is 6.36. The Morgan fingerprint density at radius 3 is 2.54 bits per heavy atom. The molecule has 0 spiro atoms. The molecule has 1 N–H and O–H groups in total. The smallest absolute Gasteiger partial charge is 0.224 e. The molecule has 4 nitrogen and oxygen atoms in total. The Labute approximate surface area is 167 Å². The number of amides is 1. The molecule has 2 heterocycles. The lowest BCUT2D eigenvalue weighted by Gasteiger charge is -2.41. The highest BCUT2D eigenvalue weighted by molar-refractivity contribution is 5.79. The molecule has 28 heavy (non-hydrogen) atoms. The van der Waals surface area contributed by atoms with Crippen LogP contribution in [0.15, 0.2) is 30.3 Å². The standard InChI is InChI=1S/C23H32FN3O/c24-20-7-5-18(6-8-20)3-1-13-26-15-11-22(12-16-26)27-14-2-4-19(17-27)23(28)25-21-9-10-21/h1,3,5-8,19,21-22H,2,4,9-17H2,(H,25,28). The monoisotopic (exact) mass is 385 g/mol. The Balaban J connectivity index is 1.20. The van der Waals surface area contributed by atoms with Gasteiger partial charge in [0, 0.05) is 25.2 Å². The molecular weight excluding hydrogens is 353 g/mol. The van der Waals surface area contributed by atoms with E-state index in [4.69, 9.17) is 0 Å². The third-order valence-corrected chi connectivity index (χ3v) is 6.36. The maximum absolute atomic E-state index is 13.0. The second-order valence-electron chi connectivity index (χ2n) is 8.60. The molecule has 1 unspecified atom stereocenters. The van der Waals surface area contributed by atoms with Crippen LogP contribution in [0.5, 0.6) is 0 Å². The second kappa shape index (κ2) is 9.19. The first kappa shape index (κ1) is 19.6. The summed E-state index contributed by atoms with van der Waals surface area (Å²) >= 11 is 0. The van der Waals surface area contributed by atoms with Gasteiger partial charge in [-0.15, -0.1) is 0 Å². The minimum atomic E-state index is -0.191. The lowest BCUT2D eigenvalue weighted by molar-refractivity contribution is -0.127. The molecule has 0 bridgehead atoms. The van der Waals surface area contributed by atoms with Crippen molar-refractivity contribution in [3.05, 3.63) is 41.7 Å². The van der Waals surface area contributed by atoms with Crippen LogP contribution in [0.25, 0.3) is 6.08 Å². The average molecular weight is 386 g/mol. The molecule has 1 aromatic carbocycles. The highest BCUT2D eigenvalue weighted by atomic mass is 19.1. The summed E-state index contributed by atoms with van der Waals surface area (Å²) in [5, 5.41) is 3.19. The molecule has 3 aliphatic rings. The van der Waals surface area contributed by atoms with E-state index in [9.17, 15) is 9.18 Å². The van der Waals surface area contributed by atoms with Crippen LogP contribution in [-0.4, -0.2) is 60.5 Å². The summed E-state index contributed by atoms with van der Waals surface area (Å²) in [7, 11) is 0. The molecule has 1 amide bonds. The summed E-state index contributed by atoms with van der Waals surface area (Å²) in [5.41, 5.74) is 1.04. The molecular formula is C23H32FN3O. The van der Waals surface area contributed by atoms with Gasteiger partial charge in [-0.3, -0.25) is 14.6 Å². The van der Waals surface area contributed by atoms with Crippen molar-refractivity contribution >= 4 is 12.0 Å². The summed E-state index contributed by atoms with van der Waals surface area (Å²) < 4.78 is 13.0. The molecule has 1 aromatic rings. The first-order valence-electron chi connectivity index (χ1n) is 10.9. The number of halogens is 1. The number of benzene rings is 1. The normalized spacial score (nSPS) is 25.2. The molecule has 0 aromatic heterocycles. The molecule has 1 saturated carbocycles. The van der Waals surface area contributed by atoms with Crippen LogP contribution in [0.1, 0.15) is 44.1 Å². The number of nitrogens with one attached hydrogen (secondary N) is 1. The van der Waals surface area contributed by atoms with Gasteiger partial charge in [-0.1, -0.05) is 24.3 Å². The van der Waals surface area contributed by atoms with E-state index in [-0.39, 0.29) is 17.6 Å². The van der Waals surface area contributed by atoms with E-state index in [1.807, 2.05) is 12.1 Å². The number of rotatable bonds is 6. The predicted molar refractivity (Wildman–Crippen MR) is 110 cm³/mol. The minimum absolute atomic E-state index is 0.186. The first-order valence-corrected chi connectivity index (χ1v) is 10.9. The SMILES string of the molecule is O=C(NC1CC1)C1CCCN(C2CCN(CC=Cc3ccc(F)cc3)CC2)C1. The number of likely N-dealkylation sites (tertiary alicyclic amines) is 2. The molecule has 0 radical (unpaired) electrons. The zero-order valence-electron chi connectivity index (χ0n) is 16.7. The number of carbonyl (C=O) groups excluding carboxylic acids is 1. The van der Waals surface area contributed by atoms with Crippen molar-refractivity contribution in [2.45, 2.75) is 50.6 Å². The van der Waals surface area contributed by atoms with Gasteiger partial charge in [0.2, 0.25) is 5.91 Å². The van der Waals surface area contributed by atoms with Gasteiger partial charge in [-0.2, -0.15) is 0 Å². The largest absolute Gasteiger partial charge is 0.353 e. The van der Waals surface area contributed by atoms with E-state index in [1.165, 1.54) is 25.0 Å². The fourth-order valence-corrected chi connectivity index (χ4v) is 4.48. The van der Waals surface area contributed by atoms with Gasteiger partial charge in [0.25, 0.3) is 0 Å². The van der Waals surface area contributed by atoms with Gasteiger partial charge < -0.3 is 5.32 Å². The molecule has 2 saturated heterocycles. The quantitative estimate of drug-likeness (QED) is 0.816. The molecule has 2 aliphatic heterocycles. The molecule has 4 rings (SSSR count). The van der Waals surface area contributed by atoms with Gasteiger partial charge in [-0.25, -0.2) is 4.39 Å². The zero-order chi connectivity index (χ0) is 19.3. The van der Waals surface area contributed by atoms with Gasteiger partial charge >= 0.3 is 0 Å². The molecule has 3 fully saturated rings.